The monoisotopic (exact) mass is 283 g/mol. The van der Waals surface area contributed by atoms with Gasteiger partial charge in [0.25, 0.3) is 0 Å². The molecule has 8 heteroatoms. The maximum Gasteiger partial charge on any atom is 0.393 e. The minimum Gasteiger partial charge on any atom is -0.354 e. The summed E-state index contributed by atoms with van der Waals surface area (Å²) in [6.45, 7) is 0.446. The Hall–Kier alpha value is -1.99. The third-order valence-electron chi connectivity index (χ3n) is 3.43. The number of aromatic nitrogens is 4. The highest BCUT2D eigenvalue weighted by atomic mass is 19.4. The summed E-state index contributed by atoms with van der Waals surface area (Å²) in [6.07, 6.45) is 0.759. The van der Waals surface area contributed by atoms with Gasteiger partial charge in [-0.3, -0.25) is 0 Å². The SMILES string of the molecule is FC(F)(F)C1CCCN(c2ncnc3nccnc23)C1. The molecule has 1 aliphatic heterocycles. The molecule has 1 atom stereocenters. The minimum atomic E-state index is -4.17. The van der Waals surface area contributed by atoms with Gasteiger partial charge in [0.1, 0.15) is 6.33 Å². The van der Waals surface area contributed by atoms with E-state index in [1.165, 1.54) is 18.7 Å². The summed E-state index contributed by atoms with van der Waals surface area (Å²) in [4.78, 5) is 17.9. The van der Waals surface area contributed by atoms with Gasteiger partial charge in [0, 0.05) is 25.5 Å². The van der Waals surface area contributed by atoms with E-state index in [1.807, 2.05) is 0 Å². The smallest absolute Gasteiger partial charge is 0.354 e. The lowest BCUT2D eigenvalue weighted by molar-refractivity contribution is -0.176. The van der Waals surface area contributed by atoms with Crippen molar-refractivity contribution in [2.45, 2.75) is 19.0 Å². The van der Waals surface area contributed by atoms with Crippen molar-refractivity contribution in [3.05, 3.63) is 18.7 Å². The highest BCUT2D eigenvalue weighted by molar-refractivity contribution is 5.82. The quantitative estimate of drug-likeness (QED) is 0.803. The first kappa shape index (κ1) is 13.0. The van der Waals surface area contributed by atoms with E-state index in [0.717, 1.165) is 0 Å². The second-order valence-electron chi connectivity index (χ2n) is 4.75. The van der Waals surface area contributed by atoms with Gasteiger partial charge in [0.05, 0.1) is 5.92 Å². The first-order chi connectivity index (χ1) is 9.55. The Morgan fingerprint density at radius 2 is 1.90 bits per heavy atom. The summed E-state index contributed by atoms with van der Waals surface area (Å²) in [5.74, 6) is -0.894. The molecule has 0 aliphatic carbocycles. The van der Waals surface area contributed by atoms with Gasteiger partial charge < -0.3 is 4.90 Å². The first-order valence-corrected chi connectivity index (χ1v) is 6.29. The summed E-state index contributed by atoms with van der Waals surface area (Å²) < 4.78 is 38.6. The van der Waals surface area contributed by atoms with Gasteiger partial charge >= 0.3 is 6.18 Å². The van der Waals surface area contributed by atoms with Crippen molar-refractivity contribution >= 4 is 17.0 Å². The molecule has 1 saturated heterocycles. The predicted molar refractivity (Wildman–Crippen MR) is 66.1 cm³/mol. The fourth-order valence-corrected chi connectivity index (χ4v) is 2.45. The molecule has 0 bridgehead atoms. The lowest BCUT2D eigenvalue weighted by Gasteiger charge is -2.34. The fraction of sp³-hybridized carbons (Fsp3) is 0.500. The van der Waals surface area contributed by atoms with E-state index in [2.05, 4.69) is 19.9 Å². The third-order valence-corrected chi connectivity index (χ3v) is 3.43. The van der Waals surface area contributed by atoms with Crippen LogP contribution in [0.25, 0.3) is 11.2 Å². The molecule has 2 aromatic heterocycles. The number of fused-ring (bicyclic) bond motifs is 1. The summed E-state index contributed by atoms with van der Waals surface area (Å²) >= 11 is 0. The van der Waals surface area contributed by atoms with Gasteiger partial charge in [-0.15, -0.1) is 0 Å². The standard InChI is InChI=1S/C12H12F3N5/c13-12(14,15)8-2-1-5-20(6-8)11-9-10(18-7-19-11)17-4-3-16-9/h3-4,7-8H,1-2,5-6H2. The normalized spacial score (nSPS) is 20.4. The molecule has 0 N–H and O–H groups in total. The number of piperidine rings is 1. The summed E-state index contributed by atoms with van der Waals surface area (Å²) in [6, 6.07) is 0. The van der Waals surface area contributed by atoms with E-state index in [9.17, 15) is 13.2 Å². The molecule has 0 amide bonds. The van der Waals surface area contributed by atoms with Crippen molar-refractivity contribution in [2.24, 2.45) is 5.92 Å². The summed E-state index contributed by atoms with van der Waals surface area (Å²) in [5.41, 5.74) is 0.837. The van der Waals surface area contributed by atoms with E-state index >= 15 is 0 Å². The molecule has 2 aromatic rings. The Bertz CT molecular complexity index is 610. The molecule has 1 aliphatic rings. The molecule has 1 unspecified atom stereocenters. The van der Waals surface area contributed by atoms with Crippen LogP contribution in [0.15, 0.2) is 18.7 Å². The van der Waals surface area contributed by atoms with Crippen LogP contribution in [0.2, 0.25) is 0 Å². The molecule has 3 rings (SSSR count). The predicted octanol–water partition coefficient (Wildman–Crippen LogP) is 2.20. The molecule has 0 saturated carbocycles. The molecule has 5 nitrogen and oxygen atoms in total. The number of anilines is 1. The molecule has 1 fully saturated rings. The maximum atomic E-state index is 12.9. The Morgan fingerprint density at radius 1 is 1.10 bits per heavy atom. The molecule has 0 radical (unpaired) electrons. The lowest BCUT2D eigenvalue weighted by atomic mass is 9.97. The molecule has 20 heavy (non-hydrogen) atoms. The number of hydrogen-bond donors (Lipinski definition) is 0. The van der Waals surface area contributed by atoms with Crippen LogP contribution in [0.4, 0.5) is 19.0 Å². The Balaban J connectivity index is 1.95. The van der Waals surface area contributed by atoms with E-state index < -0.39 is 12.1 Å². The second kappa shape index (κ2) is 4.84. The van der Waals surface area contributed by atoms with Crippen LogP contribution in [0, 0.1) is 5.92 Å². The lowest BCUT2D eigenvalue weighted by Crippen LogP contribution is -2.42. The van der Waals surface area contributed by atoms with Gasteiger partial charge in [0.15, 0.2) is 17.0 Å². The van der Waals surface area contributed by atoms with Crippen molar-refractivity contribution in [3.8, 4) is 0 Å². The Labute approximate surface area is 112 Å². The average molecular weight is 283 g/mol. The van der Waals surface area contributed by atoms with Crippen molar-refractivity contribution in [2.75, 3.05) is 18.0 Å². The zero-order valence-electron chi connectivity index (χ0n) is 10.5. The third kappa shape index (κ3) is 2.37. The number of alkyl halides is 3. The van der Waals surface area contributed by atoms with Crippen LogP contribution < -0.4 is 4.90 Å². The summed E-state index contributed by atoms with van der Waals surface area (Å²) in [5, 5.41) is 0. The zero-order chi connectivity index (χ0) is 14.2. The van der Waals surface area contributed by atoms with Gasteiger partial charge in [-0.2, -0.15) is 13.2 Å². The van der Waals surface area contributed by atoms with Crippen LogP contribution in [0.1, 0.15) is 12.8 Å². The van der Waals surface area contributed by atoms with Gasteiger partial charge in [-0.25, -0.2) is 19.9 Å². The number of rotatable bonds is 1. The molecule has 106 valence electrons. The Kier molecular flexibility index (Phi) is 3.15. The first-order valence-electron chi connectivity index (χ1n) is 6.29. The van der Waals surface area contributed by atoms with Crippen molar-refractivity contribution in [1.82, 2.24) is 19.9 Å². The van der Waals surface area contributed by atoms with Crippen molar-refractivity contribution < 1.29 is 13.2 Å². The van der Waals surface area contributed by atoms with E-state index in [1.54, 1.807) is 4.90 Å². The highest BCUT2D eigenvalue weighted by Gasteiger charge is 2.42. The second-order valence-corrected chi connectivity index (χ2v) is 4.75. The van der Waals surface area contributed by atoms with Gasteiger partial charge in [-0.1, -0.05) is 0 Å². The number of hydrogen-bond acceptors (Lipinski definition) is 5. The number of halogens is 3. The van der Waals surface area contributed by atoms with Crippen LogP contribution in [-0.4, -0.2) is 39.2 Å². The van der Waals surface area contributed by atoms with E-state index in [-0.39, 0.29) is 13.0 Å². The molecular formula is C12H12F3N5. The largest absolute Gasteiger partial charge is 0.393 e. The van der Waals surface area contributed by atoms with E-state index in [4.69, 9.17) is 0 Å². The highest BCUT2D eigenvalue weighted by Crippen LogP contribution is 2.35. The molecule has 3 heterocycles. The minimum absolute atomic E-state index is 0.0911. The molecular weight excluding hydrogens is 271 g/mol. The van der Waals surface area contributed by atoms with Crippen LogP contribution in [0.3, 0.4) is 0 Å². The Morgan fingerprint density at radius 3 is 2.70 bits per heavy atom. The van der Waals surface area contributed by atoms with Crippen molar-refractivity contribution in [3.63, 3.8) is 0 Å². The van der Waals surface area contributed by atoms with Crippen LogP contribution >= 0.6 is 0 Å². The van der Waals surface area contributed by atoms with Gasteiger partial charge in [-0.05, 0) is 12.8 Å². The van der Waals surface area contributed by atoms with Crippen LogP contribution in [0.5, 0.6) is 0 Å². The van der Waals surface area contributed by atoms with Crippen LogP contribution in [-0.2, 0) is 0 Å². The van der Waals surface area contributed by atoms with E-state index in [0.29, 0.717) is 29.9 Å². The zero-order valence-corrected chi connectivity index (χ0v) is 10.5. The molecule has 0 aromatic carbocycles. The van der Waals surface area contributed by atoms with Crippen molar-refractivity contribution in [1.29, 1.82) is 0 Å². The topological polar surface area (TPSA) is 54.8 Å². The number of nitrogens with zero attached hydrogens (tertiary/aromatic N) is 5. The molecule has 0 spiro atoms. The maximum absolute atomic E-state index is 12.9. The van der Waals surface area contributed by atoms with Gasteiger partial charge in [0.2, 0.25) is 0 Å². The summed E-state index contributed by atoms with van der Waals surface area (Å²) in [7, 11) is 0. The fourth-order valence-electron chi connectivity index (χ4n) is 2.45. The average Bonchev–Trinajstić information content (AvgIpc) is 2.46.